The van der Waals surface area contributed by atoms with Crippen LogP contribution in [0.15, 0.2) is 95.9 Å². The Bertz CT molecular complexity index is 1900. The molecule has 0 bridgehead atoms. The maximum atomic E-state index is 13.7. The highest BCUT2D eigenvalue weighted by Gasteiger charge is 2.37. The Kier molecular flexibility index (Phi) is 6.21. The fourth-order valence-electron chi connectivity index (χ4n) is 4.96. The molecule has 1 fully saturated rings. The van der Waals surface area contributed by atoms with E-state index in [1.807, 2.05) is 47.2 Å². The lowest BCUT2D eigenvalue weighted by atomic mass is 10.0. The van der Waals surface area contributed by atoms with E-state index in [9.17, 15) is 21.6 Å². The first-order valence-electron chi connectivity index (χ1n) is 12.3. The minimum atomic E-state index is -3.97. The number of hydrogen-bond donors (Lipinski definition) is 3. The number of aromatic nitrogens is 2. The van der Waals surface area contributed by atoms with Crippen LogP contribution in [0.3, 0.4) is 0 Å². The van der Waals surface area contributed by atoms with Crippen LogP contribution in [0.4, 0.5) is 0 Å². The number of nitrogens with zero attached hydrogens (tertiary/aromatic N) is 1. The van der Waals surface area contributed by atoms with Crippen molar-refractivity contribution >= 4 is 47.8 Å². The summed E-state index contributed by atoms with van der Waals surface area (Å²) in [5.41, 5.74) is 2.75. The van der Waals surface area contributed by atoms with E-state index in [4.69, 9.17) is 0 Å². The maximum absolute atomic E-state index is 13.7. The molecule has 0 spiro atoms. The Morgan fingerprint density at radius 1 is 0.923 bits per heavy atom. The lowest BCUT2D eigenvalue weighted by Gasteiger charge is -2.18. The predicted molar refractivity (Wildman–Crippen MR) is 148 cm³/mol. The number of sulfonamides is 2. The number of para-hydroxylation sites is 2. The molecule has 198 valence electrons. The van der Waals surface area contributed by atoms with Crippen molar-refractivity contribution in [3.8, 4) is 0 Å². The van der Waals surface area contributed by atoms with E-state index in [2.05, 4.69) is 14.7 Å². The number of amides is 1. The molecule has 5 aromatic rings. The average molecular weight is 561 g/mol. The van der Waals surface area contributed by atoms with Crippen LogP contribution in [-0.4, -0.2) is 32.7 Å². The van der Waals surface area contributed by atoms with Crippen molar-refractivity contribution in [2.24, 2.45) is 0 Å². The van der Waals surface area contributed by atoms with Gasteiger partial charge in [0.05, 0.1) is 28.4 Å². The van der Waals surface area contributed by atoms with Crippen molar-refractivity contribution in [1.29, 1.82) is 0 Å². The van der Waals surface area contributed by atoms with Gasteiger partial charge in [-0.05, 0) is 41.1 Å². The van der Waals surface area contributed by atoms with Crippen molar-refractivity contribution in [2.75, 3.05) is 0 Å². The quantitative estimate of drug-likeness (QED) is 0.276. The van der Waals surface area contributed by atoms with Gasteiger partial charge in [-0.25, -0.2) is 26.5 Å². The lowest BCUT2D eigenvalue weighted by molar-refractivity contribution is -0.118. The third kappa shape index (κ3) is 4.91. The fourth-order valence-corrected chi connectivity index (χ4v) is 7.82. The Morgan fingerprint density at radius 2 is 1.64 bits per heavy atom. The van der Waals surface area contributed by atoms with Gasteiger partial charge in [0.15, 0.2) is 0 Å². The molecule has 2 heterocycles. The van der Waals surface area contributed by atoms with Crippen LogP contribution < -0.4 is 9.44 Å². The largest absolute Gasteiger partial charge is 0.341 e. The molecule has 1 saturated heterocycles. The topological polar surface area (TPSA) is 138 Å². The predicted octanol–water partition coefficient (Wildman–Crippen LogP) is 3.87. The summed E-state index contributed by atoms with van der Waals surface area (Å²) in [5.74, 6) is -0.0749. The van der Waals surface area contributed by atoms with Crippen LogP contribution in [0.5, 0.6) is 0 Å². The molecule has 1 aliphatic rings. The number of carbonyl (C=O) groups is 1. The standard InChI is InChI=1S/C28H24N4O5S2/c33-27-17-26(39(36,37)32-27)20-14-12-18(13-15-20)16-24(28-29-22-9-3-4-10-23(22)30-28)31-38(34,35)25-11-5-7-19-6-1-2-8-21(19)25/h1-15,24,26,31H,16-17H2,(H,29,30)(H,32,33)/t24-,26?/m0/s1. The minimum Gasteiger partial charge on any atom is -0.341 e. The van der Waals surface area contributed by atoms with Gasteiger partial charge in [-0.15, -0.1) is 0 Å². The first kappa shape index (κ1) is 25.2. The molecule has 1 unspecified atom stereocenters. The van der Waals surface area contributed by atoms with Crippen LogP contribution in [-0.2, 0) is 31.3 Å². The molecule has 1 amide bonds. The second kappa shape index (κ2) is 9.60. The highest BCUT2D eigenvalue weighted by atomic mass is 32.2. The zero-order valence-electron chi connectivity index (χ0n) is 20.5. The number of imidazole rings is 1. The number of nitrogens with one attached hydrogen (secondary N) is 3. The molecule has 9 nitrogen and oxygen atoms in total. The van der Waals surface area contributed by atoms with Gasteiger partial charge < -0.3 is 4.98 Å². The van der Waals surface area contributed by atoms with Gasteiger partial charge in [-0.3, -0.25) is 9.52 Å². The van der Waals surface area contributed by atoms with Gasteiger partial charge >= 0.3 is 0 Å². The second-order valence-corrected chi connectivity index (χ2v) is 13.0. The molecular formula is C28H24N4O5S2. The first-order chi connectivity index (χ1) is 18.7. The SMILES string of the molecule is O=C1CC(c2ccc(C[C@H](NS(=O)(=O)c3cccc4ccccc34)c3nc4ccccc4[nH]3)cc2)S(=O)(=O)N1. The Morgan fingerprint density at radius 3 is 2.38 bits per heavy atom. The molecule has 1 aromatic heterocycles. The third-order valence-electron chi connectivity index (χ3n) is 6.87. The molecule has 39 heavy (non-hydrogen) atoms. The number of benzene rings is 4. The van der Waals surface area contributed by atoms with Crippen LogP contribution in [0.25, 0.3) is 21.8 Å². The van der Waals surface area contributed by atoms with Gasteiger partial charge in [0, 0.05) is 5.39 Å². The average Bonchev–Trinajstić information content (AvgIpc) is 3.47. The summed E-state index contributed by atoms with van der Waals surface area (Å²) in [7, 11) is -7.73. The van der Waals surface area contributed by atoms with Crippen LogP contribution >= 0.6 is 0 Å². The zero-order valence-corrected chi connectivity index (χ0v) is 22.2. The van der Waals surface area contributed by atoms with E-state index in [0.29, 0.717) is 22.3 Å². The molecule has 11 heteroatoms. The summed E-state index contributed by atoms with van der Waals surface area (Å²) in [4.78, 5) is 19.7. The van der Waals surface area contributed by atoms with E-state index < -0.39 is 37.2 Å². The number of fused-ring (bicyclic) bond motifs is 2. The first-order valence-corrected chi connectivity index (χ1v) is 15.3. The van der Waals surface area contributed by atoms with E-state index in [1.54, 1.807) is 48.5 Å². The molecule has 0 saturated carbocycles. The molecule has 2 atom stereocenters. The lowest BCUT2D eigenvalue weighted by Crippen LogP contribution is -2.31. The number of carbonyl (C=O) groups excluding carboxylic acids is 1. The number of H-pyrrole nitrogens is 1. The maximum Gasteiger partial charge on any atom is 0.242 e. The minimum absolute atomic E-state index is 0.131. The van der Waals surface area contributed by atoms with Crippen molar-refractivity contribution < 1.29 is 21.6 Å². The Hall–Kier alpha value is -4.06. The Balaban J connectivity index is 1.35. The van der Waals surface area contributed by atoms with Crippen molar-refractivity contribution in [2.45, 2.75) is 29.0 Å². The normalized spacial score (nSPS) is 17.8. The molecule has 6 rings (SSSR count). The number of rotatable bonds is 7. The second-order valence-electron chi connectivity index (χ2n) is 9.50. The summed E-state index contributed by atoms with van der Waals surface area (Å²) in [5, 5.41) is 0.474. The van der Waals surface area contributed by atoms with Crippen LogP contribution in [0, 0.1) is 0 Å². The van der Waals surface area contributed by atoms with Gasteiger partial charge in [0.1, 0.15) is 11.1 Å². The molecular weight excluding hydrogens is 536 g/mol. The van der Waals surface area contributed by atoms with Gasteiger partial charge in [-0.1, -0.05) is 72.8 Å². The van der Waals surface area contributed by atoms with Gasteiger partial charge in [-0.2, -0.15) is 0 Å². The van der Waals surface area contributed by atoms with E-state index in [1.165, 1.54) is 0 Å². The fraction of sp³-hybridized carbons (Fsp3) is 0.143. The third-order valence-corrected chi connectivity index (χ3v) is 10.1. The molecule has 3 N–H and O–H groups in total. The number of hydrogen-bond acceptors (Lipinski definition) is 6. The number of aromatic amines is 1. The summed E-state index contributed by atoms with van der Waals surface area (Å²) < 4.78 is 56.8. The van der Waals surface area contributed by atoms with Crippen molar-refractivity contribution in [3.05, 3.63) is 108 Å². The van der Waals surface area contributed by atoms with Crippen molar-refractivity contribution in [1.82, 2.24) is 19.4 Å². The van der Waals surface area contributed by atoms with Crippen LogP contribution in [0.2, 0.25) is 0 Å². The zero-order chi connectivity index (χ0) is 27.2. The molecule has 4 aromatic carbocycles. The Labute approximate surface area is 225 Å². The van der Waals surface area contributed by atoms with Gasteiger partial charge in [0.2, 0.25) is 26.0 Å². The van der Waals surface area contributed by atoms with Crippen molar-refractivity contribution in [3.63, 3.8) is 0 Å². The summed E-state index contributed by atoms with van der Waals surface area (Å²) in [6.07, 6.45) is 0.118. The summed E-state index contributed by atoms with van der Waals surface area (Å²) >= 11 is 0. The van der Waals surface area contributed by atoms with E-state index in [-0.39, 0.29) is 17.7 Å². The molecule has 0 aliphatic carbocycles. The van der Waals surface area contributed by atoms with E-state index in [0.717, 1.165) is 16.5 Å². The molecule has 0 radical (unpaired) electrons. The monoisotopic (exact) mass is 560 g/mol. The van der Waals surface area contributed by atoms with Gasteiger partial charge in [0.25, 0.3) is 0 Å². The molecule has 1 aliphatic heterocycles. The highest BCUT2D eigenvalue weighted by molar-refractivity contribution is 7.90. The van der Waals surface area contributed by atoms with Crippen LogP contribution in [0.1, 0.15) is 34.7 Å². The smallest absolute Gasteiger partial charge is 0.242 e. The highest BCUT2D eigenvalue weighted by Crippen LogP contribution is 2.31. The summed E-state index contributed by atoms with van der Waals surface area (Å²) in [6.45, 7) is 0. The van der Waals surface area contributed by atoms with E-state index >= 15 is 0 Å². The summed E-state index contributed by atoms with van der Waals surface area (Å²) in [6, 6.07) is 25.9.